The number of amides is 1. The summed E-state index contributed by atoms with van der Waals surface area (Å²) in [6.07, 6.45) is 4.71. The van der Waals surface area contributed by atoms with Crippen LogP contribution >= 0.6 is 0 Å². The average molecular weight is 342 g/mol. The van der Waals surface area contributed by atoms with Crippen molar-refractivity contribution < 1.29 is 9.36 Å². The third-order valence-electron chi connectivity index (χ3n) is 4.26. The van der Waals surface area contributed by atoms with Gasteiger partial charge in [0.05, 0.1) is 11.6 Å². The Bertz CT molecular complexity index is 928. The van der Waals surface area contributed by atoms with E-state index < -0.39 is 0 Å². The Balaban J connectivity index is 1.66. The topological polar surface area (TPSA) is 56.8 Å². The Morgan fingerprint density at radius 1 is 1.04 bits per heavy atom. The van der Waals surface area contributed by atoms with E-state index in [0.717, 1.165) is 6.42 Å². The number of benzene rings is 2. The van der Waals surface area contributed by atoms with E-state index in [-0.39, 0.29) is 11.9 Å². The van der Waals surface area contributed by atoms with Gasteiger partial charge in [0.25, 0.3) is 5.91 Å². The minimum absolute atomic E-state index is 0.124. The molecule has 3 aromatic rings. The van der Waals surface area contributed by atoms with Crippen molar-refractivity contribution in [3.8, 4) is 6.07 Å². The highest BCUT2D eigenvalue weighted by Crippen LogP contribution is 2.12. The number of aromatic nitrogens is 1. The lowest BCUT2D eigenvalue weighted by atomic mass is 10.1. The molecule has 0 unspecified atom stereocenters. The number of hydrogen-bond acceptors (Lipinski definition) is 2. The molecule has 0 radical (unpaired) electrons. The molecule has 0 aliphatic carbocycles. The smallest absolute Gasteiger partial charge is 0.293 e. The largest absolute Gasteiger partial charge is 0.320 e. The van der Waals surface area contributed by atoms with E-state index >= 15 is 0 Å². The molecule has 128 valence electrons. The predicted octanol–water partition coefficient (Wildman–Crippen LogP) is 3.64. The molecule has 26 heavy (non-hydrogen) atoms. The molecule has 0 aliphatic heterocycles. The zero-order valence-corrected chi connectivity index (χ0v) is 14.6. The van der Waals surface area contributed by atoms with E-state index in [0.29, 0.717) is 11.3 Å². The van der Waals surface area contributed by atoms with Crippen molar-refractivity contribution in [1.82, 2.24) is 0 Å². The van der Waals surface area contributed by atoms with E-state index in [2.05, 4.69) is 23.5 Å². The molecule has 4 heteroatoms. The molecule has 0 saturated carbocycles. The monoisotopic (exact) mass is 342 g/mol. The summed E-state index contributed by atoms with van der Waals surface area (Å²) in [5.74, 6) is -0.124. The Hall–Kier alpha value is -3.45. The van der Waals surface area contributed by atoms with Gasteiger partial charge in [0, 0.05) is 24.7 Å². The molecule has 1 heterocycles. The van der Waals surface area contributed by atoms with Crippen LogP contribution < -0.4 is 9.88 Å². The highest BCUT2D eigenvalue weighted by Gasteiger charge is 2.21. The molecule has 1 aromatic heterocycles. The standard InChI is InChI=1S/C22H19N3O/c1-17(22(26)24-21-9-5-8-20(15-21)16-23)25-12-10-19(11-13-25)14-18-6-3-2-4-7-18/h2-13,15,17H,14H2,1H3/p+1/t17-/m1/s1. The first-order valence-electron chi connectivity index (χ1n) is 8.50. The van der Waals surface area contributed by atoms with E-state index in [9.17, 15) is 4.79 Å². The maximum absolute atomic E-state index is 12.5. The maximum atomic E-state index is 12.5. The molecule has 2 aromatic carbocycles. The van der Waals surface area contributed by atoms with E-state index in [4.69, 9.17) is 5.26 Å². The van der Waals surface area contributed by atoms with Crippen LogP contribution in [0.5, 0.6) is 0 Å². The van der Waals surface area contributed by atoms with E-state index in [1.807, 2.05) is 54.2 Å². The SMILES string of the molecule is C[C@H](C(=O)Nc1cccc(C#N)c1)[n+]1ccc(Cc2ccccc2)cc1. The van der Waals surface area contributed by atoms with Crippen LogP contribution in [0.2, 0.25) is 0 Å². The second-order valence-electron chi connectivity index (χ2n) is 6.17. The van der Waals surface area contributed by atoms with Gasteiger partial charge in [0.1, 0.15) is 0 Å². The van der Waals surface area contributed by atoms with Crippen molar-refractivity contribution in [2.75, 3.05) is 5.32 Å². The molecule has 0 saturated heterocycles. The van der Waals surface area contributed by atoms with E-state index in [1.165, 1.54) is 11.1 Å². The lowest BCUT2D eigenvalue weighted by Gasteiger charge is -2.09. The number of nitrogens with zero attached hydrogens (tertiary/aromatic N) is 2. The quantitative estimate of drug-likeness (QED) is 0.720. The number of rotatable bonds is 5. The van der Waals surface area contributed by atoms with Crippen molar-refractivity contribution in [1.29, 1.82) is 5.26 Å². The fourth-order valence-corrected chi connectivity index (χ4v) is 2.73. The van der Waals surface area contributed by atoms with Crippen molar-refractivity contribution in [3.05, 3.63) is 95.8 Å². The minimum atomic E-state index is -0.355. The van der Waals surface area contributed by atoms with Gasteiger partial charge in [-0.2, -0.15) is 9.83 Å². The maximum Gasteiger partial charge on any atom is 0.293 e. The summed E-state index contributed by atoms with van der Waals surface area (Å²) < 4.78 is 1.87. The average Bonchev–Trinajstić information content (AvgIpc) is 2.69. The number of pyridine rings is 1. The summed E-state index contributed by atoms with van der Waals surface area (Å²) in [6.45, 7) is 1.85. The van der Waals surface area contributed by atoms with Gasteiger partial charge < -0.3 is 5.32 Å². The summed E-state index contributed by atoms with van der Waals surface area (Å²) in [6, 6.07) is 23.0. The molecule has 1 atom stereocenters. The Morgan fingerprint density at radius 2 is 1.73 bits per heavy atom. The summed E-state index contributed by atoms with van der Waals surface area (Å²) in [5, 5.41) is 11.8. The molecule has 0 fully saturated rings. The van der Waals surface area contributed by atoms with Crippen LogP contribution in [0.1, 0.15) is 29.7 Å². The third kappa shape index (κ3) is 4.34. The molecule has 4 nitrogen and oxygen atoms in total. The molecule has 0 spiro atoms. The molecule has 0 aliphatic rings. The minimum Gasteiger partial charge on any atom is -0.320 e. The first-order chi connectivity index (χ1) is 12.7. The molecule has 3 rings (SSSR count). The van der Waals surface area contributed by atoms with E-state index in [1.54, 1.807) is 24.3 Å². The number of carbonyl (C=O) groups excluding carboxylic acids is 1. The molecular weight excluding hydrogens is 322 g/mol. The second kappa shape index (κ2) is 8.09. The van der Waals surface area contributed by atoms with Crippen molar-refractivity contribution in [2.24, 2.45) is 0 Å². The number of hydrogen-bond donors (Lipinski definition) is 1. The Kier molecular flexibility index (Phi) is 5.40. The molecule has 0 bridgehead atoms. The van der Waals surface area contributed by atoms with Crippen LogP contribution in [0.4, 0.5) is 5.69 Å². The summed E-state index contributed by atoms with van der Waals surface area (Å²) >= 11 is 0. The van der Waals surface area contributed by atoms with Gasteiger partial charge in [-0.05, 0) is 35.7 Å². The number of anilines is 1. The fraction of sp³-hybridized carbons (Fsp3) is 0.136. The second-order valence-corrected chi connectivity index (χ2v) is 6.17. The van der Waals surface area contributed by atoms with Gasteiger partial charge >= 0.3 is 0 Å². The van der Waals surface area contributed by atoms with Crippen LogP contribution in [0.25, 0.3) is 0 Å². The predicted molar refractivity (Wildman–Crippen MR) is 100 cm³/mol. The van der Waals surface area contributed by atoms with Crippen LogP contribution in [-0.4, -0.2) is 5.91 Å². The summed E-state index contributed by atoms with van der Waals surface area (Å²) in [4.78, 5) is 12.5. The number of nitriles is 1. The van der Waals surface area contributed by atoms with Crippen molar-refractivity contribution in [3.63, 3.8) is 0 Å². The fourth-order valence-electron chi connectivity index (χ4n) is 2.73. The number of nitrogens with one attached hydrogen (secondary N) is 1. The molecule has 1 amide bonds. The van der Waals surface area contributed by atoms with Gasteiger partial charge in [0.15, 0.2) is 12.4 Å². The van der Waals surface area contributed by atoms with Crippen LogP contribution in [-0.2, 0) is 11.2 Å². The summed E-state index contributed by atoms with van der Waals surface area (Å²) in [5.41, 5.74) is 3.60. The van der Waals surface area contributed by atoms with Gasteiger partial charge in [-0.1, -0.05) is 36.4 Å². The Morgan fingerprint density at radius 3 is 2.42 bits per heavy atom. The highest BCUT2D eigenvalue weighted by atomic mass is 16.2. The first kappa shape index (κ1) is 17.4. The third-order valence-corrected chi connectivity index (χ3v) is 4.26. The van der Waals surface area contributed by atoms with Gasteiger partial charge in [0.2, 0.25) is 6.04 Å². The normalized spacial score (nSPS) is 11.4. The molecule has 1 N–H and O–H groups in total. The Labute approximate surface area is 153 Å². The van der Waals surface area contributed by atoms with Crippen molar-refractivity contribution >= 4 is 11.6 Å². The van der Waals surface area contributed by atoms with Crippen LogP contribution in [0, 0.1) is 11.3 Å². The zero-order chi connectivity index (χ0) is 18.4. The number of carbonyl (C=O) groups is 1. The highest BCUT2D eigenvalue weighted by molar-refractivity contribution is 5.92. The van der Waals surface area contributed by atoms with Gasteiger partial charge in [-0.15, -0.1) is 0 Å². The van der Waals surface area contributed by atoms with Crippen molar-refractivity contribution in [2.45, 2.75) is 19.4 Å². The first-order valence-corrected chi connectivity index (χ1v) is 8.50. The lowest BCUT2D eigenvalue weighted by molar-refractivity contribution is -0.705. The summed E-state index contributed by atoms with van der Waals surface area (Å²) in [7, 11) is 0. The van der Waals surface area contributed by atoms with Crippen LogP contribution in [0.3, 0.4) is 0 Å². The van der Waals surface area contributed by atoms with Crippen LogP contribution in [0.15, 0.2) is 79.1 Å². The van der Waals surface area contributed by atoms with Gasteiger partial charge in [-0.25, -0.2) is 0 Å². The molecular formula is C22H20N3O+. The lowest BCUT2D eigenvalue weighted by Crippen LogP contribution is -2.44. The zero-order valence-electron chi connectivity index (χ0n) is 14.6. The van der Waals surface area contributed by atoms with Gasteiger partial charge in [-0.3, -0.25) is 4.79 Å².